The van der Waals surface area contributed by atoms with Crippen molar-refractivity contribution in [3.63, 3.8) is 0 Å². The standard InChI is InChI=1S/C14H20N4O/c1-18-11-16-9-12(18)13(19)17-14(10-15)7-5-3-2-4-6-8-14/h9,11H,2-8H2,1H3,(H,17,19). The summed E-state index contributed by atoms with van der Waals surface area (Å²) in [6.07, 6.45) is 10.1. The van der Waals surface area contributed by atoms with E-state index >= 15 is 0 Å². The summed E-state index contributed by atoms with van der Waals surface area (Å²) in [6.45, 7) is 0. The lowest BCUT2D eigenvalue weighted by atomic mass is 9.85. The fraction of sp³-hybridized carbons (Fsp3) is 0.643. The number of nitrogens with one attached hydrogen (secondary N) is 1. The van der Waals surface area contributed by atoms with Gasteiger partial charge in [-0.3, -0.25) is 4.79 Å². The molecule has 1 aromatic heterocycles. The van der Waals surface area contributed by atoms with Crippen molar-refractivity contribution in [2.75, 3.05) is 0 Å². The van der Waals surface area contributed by atoms with Gasteiger partial charge in [-0.25, -0.2) is 4.98 Å². The maximum Gasteiger partial charge on any atom is 0.270 e. The Balaban J connectivity index is 2.11. The van der Waals surface area contributed by atoms with E-state index in [4.69, 9.17) is 0 Å². The zero-order chi connectivity index (χ0) is 13.7. The van der Waals surface area contributed by atoms with Crippen LogP contribution in [0.25, 0.3) is 0 Å². The molecule has 0 unspecified atom stereocenters. The minimum Gasteiger partial charge on any atom is -0.332 e. The summed E-state index contributed by atoms with van der Waals surface area (Å²) in [4.78, 5) is 16.2. The maximum absolute atomic E-state index is 12.2. The van der Waals surface area contributed by atoms with Crippen molar-refractivity contribution < 1.29 is 4.79 Å². The molecule has 5 nitrogen and oxygen atoms in total. The molecule has 0 aromatic carbocycles. The second-order valence-electron chi connectivity index (χ2n) is 5.31. The Kier molecular flexibility index (Phi) is 4.20. The number of aryl methyl sites for hydroxylation is 1. The number of carbonyl (C=O) groups is 1. The van der Waals surface area contributed by atoms with Crippen molar-refractivity contribution in [3.8, 4) is 6.07 Å². The van der Waals surface area contributed by atoms with Crippen LogP contribution in [0, 0.1) is 11.3 Å². The summed E-state index contributed by atoms with van der Waals surface area (Å²) in [5, 5.41) is 12.4. The number of hydrogen-bond donors (Lipinski definition) is 1. The van der Waals surface area contributed by atoms with E-state index in [1.54, 1.807) is 17.9 Å². The predicted octanol–water partition coefficient (Wildman–Crippen LogP) is 2.16. The lowest BCUT2D eigenvalue weighted by molar-refractivity contribution is 0.0899. The van der Waals surface area contributed by atoms with Gasteiger partial charge >= 0.3 is 0 Å². The van der Waals surface area contributed by atoms with E-state index in [0.717, 1.165) is 38.5 Å². The molecule has 1 aliphatic carbocycles. The molecule has 19 heavy (non-hydrogen) atoms. The third kappa shape index (κ3) is 3.14. The molecule has 1 N–H and O–H groups in total. The van der Waals surface area contributed by atoms with Crippen LogP contribution in [0.5, 0.6) is 0 Å². The fourth-order valence-corrected chi connectivity index (χ4v) is 2.63. The third-order valence-corrected chi connectivity index (χ3v) is 3.82. The summed E-state index contributed by atoms with van der Waals surface area (Å²) in [7, 11) is 1.78. The summed E-state index contributed by atoms with van der Waals surface area (Å²) in [5.74, 6) is -0.206. The quantitative estimate of drug-likeness (QED) is 0.885. The van der Waals surface area contributed by atoms with Gasteiger partial charge in [-0.2, -0.15) is 5.26 Å². The first-order valence-electron chi connectivity index (χ1n) is 6.87. The van der Waals surface area contributed by atoms with Crippen LogP contribution in [-0.4, -0.2) is 21.0 Å². The number of imidazole rings is 1. The molecular weight excluding hydrogens is 240 g/mol. The fourth-order valence-electron chi connectivity index (χ4n) is 2.63. The summed E-state index contributed by atoms with van der Waals surface area (Å²) >= 11 is 0. The Hall–Kier alpha value is -1.83. The van der Waals surface area contributed by atoms with E-state index in [0.29, 0.717) is 5.69 Å². The number of aromatic nitrogens is 2. The molecule has 0 aliphatic heterocycles. The first-order valence-corrected chi connectivity index (χ1v) is 6.87. The van der Waals surface area contributed by atoms with Crippen LogP contribution >= 0.6 is 0 Å². The molecule has 1 fully saturated rings. The van der Waals surface area contributed by atoms with Crippen LogP contribution in [0.3, 0.4) is 0 Å². The number of carbonyl (C=O) groups excluding carboxylic acids is 1. The zero-order valence-electron chi connectivity index (χ0n) is 11.4. The highest BCUT2D eigenvalue weighted by Crippen LogP contribution is 2.26. The molecule has 1 amide bonds. The molecule has 1 aliphatic rings. The van der Waals surface area contributed by atoms with Gasteiger partial charge in [0.25, 0.3) is 5.91 Å². The van der Waals surface area contributed by atoms with Crippen molar-refractivity contribution in [2.24, 2.45) is 7.05 Å². The van der Waals surface area contributed by atoms with Crippen molar-refractivity contribution >= 4 is 5.91 Å². The number of nitriles is 1. The Morgan fingerprint density at radius 2 is 2.00 bits per heavy atom. The molecule has 2 rings (SSSR count). The van der Waals surface area contributed by atoms with Gasteiger partial charge in [-0.1, -0.05) is 32.1 Å². The third-order valence-electron chi connectivity index (χ3n) is 3.82. The first-order chi connectivity index (χ1) is 9.17. The molecule has 0 saturated heterocycles. The normalized spacial score (nSPS) is 18.9. The SMILES string of the molecule is Cn1cncc1C(=O)NC1(C#N)CCCCCCC1. The molecule has 0 atom stereocenters. The van der Waals surface area contributed by atoms with Crippen molar-refractivity contribution in [1.82, 2.24) is 14.9 Å². The lowest BCUT2D eigenvalue weighted by Crippen LogP contribution is -2.48. The van der Waals surface area contributed by atoms with Crippen LogP contribution < -0.4 is 5.32 Å². The van der Waals surface area contributed by atoms with Gasteiger partial charge in [-0.05, 0) is 12.8 Å². The van der Waals surface area contributed by atoms with Gasteiger partial charge in [0.2, 0.25) is 0 Å². The number of nitrogens with zero attached hydrogens (tertiary/aromatic N) is 3. The smallest absolute Gasteiger partial charge is 0.270 e. The Morgan fingerprint density at radius 1 is 1.37 bits per heavy atom. The lowest BCUT2D eigenvalue weighted by Gasteiger charge is -2.29. The first kappa shape index (κ1) is 13.6. The minimum absolute atomic E-state index is 0.206. The van der Waals surface area contributed by atoms with Crippen molar-refractivity contribution in [1.29, 1.82) is 5.26 Å². The van der Waals surface area contributed by atoms with Gasteiger partial charge in [0.15, 0.2) is 0 Å². The Labute approximate surface area is 113 Å². The molecule has 5 heteroatoms. The summed E-state index contributed by atoms with van der Waals surface area (Å²) in [6, 6.07) is 2.34. The average molecular weight is 260 g/mol. The predicted molar refractivity (Wildman–Crippen MR) is 71.3 cm³/mol. The van der Waals surface area contributed by atoms with E-state index in [1.807, 2.05) is 0 Å². The molecule has 102 valence electrons. The highest BCUT2D eigenvalue weighted by molar-refractivity contribution is 5.93. The van der Waals surface area contributed by atoms with Crippen molar-refractivity contribution in [3.05, 3.63) is 18.2 Å². The molecule has 0 bridgehead atoms. The van der Waals surface area contributed by atoms with E-state index in [1.165, 1.54) is 12.6 Å². The van der Waals surface area contributed by atoms with Crippen LogP contribution in [0.4, 0.5) is 0 Å². The van der Waals surface area contributed by atoms with E-state index in [2.05, 4.69) is 16.4 Å². The minimum atomic E-state index is -0.707. The van der Waals surface area contributed by atoms with E-state index < -0.39 is 5.54 Å². The van der Waals surface area contributed by atoms with Crippen LogP contribution in [0.15, 0.2) is 12.5 Å². The maximum atomic E-state index is 12.2. The van der Waals surface area contributed by atoms with E-state index in [-0.39, 0.29) is 5.91 Å². The molecule has 1 saturated carbocycles. The van der Waals surface area contributed by atoms with Crippen LogP contribution in [0.1, 0.15) is 55.4 Å². The van der Waals surface area contributed by atoms with Gasteiger partial charge in [0.05, 0.1) is 18.6 Å². The number of amides is 1. The monoisotopic (exact) mass is 260 g/mol. The average Bonchev–Trinajstić information content (AvgIpc) is 2.79. The van der Waals surface area contributed by atoms with Gasteiger partial charge < -0.3 is 9.88 Å². The Morgan fingerprint density at radius 3 is 2.53 bits per heavy atom. The molecular formula is C14H20N4O. The van der Waals surface area contributed by atoms with Gasteiger partial charge in [-0.15, -0.1) is 0 Å². The van der Waals surface area contributed by atoms with Crippen LogP contribution in [-0.2, 0) is 7.05 Å². The second kappa shape index (κ2) is 5.87. The zero-order valence-corrected chi connectivity index (χ0v) is 11.4. The molecule has 0 radical (unpaired) electrons. The largest absolute Gasteiger partial charge is 0.332 e. The van der Waals surface area contributed by atoms with Gasteiger partial charge in [0.1, 0.15) is 11.2 Å². The number of hydrogen-bond acceptors (Lipinski definition) is 3. The van der Waals surface area contributed by atoms with Crippen molar-refractivity contribution in [2.45, 2.75) is 50.5 Å². The Bertz CT molecular complexity index is 478. The molecule has 1 heterocycles. The molecule has 1 aromatic rings. The molecule has 0 spiro atoms. The summed E-state index contributed by atoms with van der Waals surface area (Å²) < 4.78 is 1.67. The second-order valence-corrected chi connectivity index (χ2v) is 5.31. The van der Waals surface area contributed by atoms with Crippen LogP contribution in [0.2, 0.25) is 0 Å². The summed E-state index contributed by atoms with van der Waals surface area (Å²) in [5.41, 5.74) is -0.210. The topological polar surface area (TPSA) is 70.7 Å². The van der Waals surface area contributed by atoms with E-state index in [9.17, 15) is 10.1 Å². The van der Waals surface area contributed by atoms with Gasteiger partial charge in [0, 0.05) is 7.05 Å². The number of rotatable bonds is 2. The highest BCUT2D eigenvalue weighted by atomic mass is 16.2. The highest BCUT2D eigenvalue weighted by Gasteiger charge is 2.32.